The largest absolute Gasteiger partial charge is 0.481 e. The Morgan fingerprint density at radius 2 is 1.82 bits per heavy atom. The number of halogens is 1. The molecule has 1 aliphatic rings. The highest BCUT2D eigenvalue weighted by Crippen LogP contribution is 2.33. The zero-order valence-electron chi connectivity index (χ0n) is 14.6. The lowest BCUT2D eigenvalue weighted by molar-refractivity contribution is -0.385. The molecule has 0 aliphatic heterocycles. The molecule has 0 radical (unpaired) electrons. The van der Waals surface area contributed by atoms with Crippen LogP contribution in [0.1, 0.15) is 16.7 Å². The van der Waals surface area contributed by atoms with E-state index in [1.165, 1.54) is 30.3 Å². The summed E-state index contributed by atoms with van der Waals surface area (Å²) in [7, 11) is -3.69. The Morgan fingerprint density at radius 3 is 2.39 bits per heavy atom. The molecule has 1 aliphatic carbocycles. The van der Waals surface area contributed by atoms with Gasteiger partial charge in [0.05, 0.1) is 16.2 Å². The molecule has 2 aromatic rings. The number of nitrogens with zero attached hydrogens (tertiary/aromatic N) is 1. The summed E-state index contributed by atoms with van der Waals surface area (Å²) in [6.07, 6.45) is 0.563. The fourth-order valence-electron chi connectivity index (χ4n) is 3.35. The van der Waals surface area contributed by atoms with Crippen LogP contribution in [0.3, 0.4) is 0 Å². The normalized spacial score (nSPS) is 16.0. The van der Waals surface area contributed by atoms with Crippen molar-refractivity contribution >= 4 is 33.3 Å². The smallest absolute Gasteiger partial charge is 0.308 e. The summed E-state index contributed by atoms with van der Waals surface area (Å²) in [6, 6.07) is 8.76. The highest BCUT2D eigenvalue weighted by molar-refractivity contribution is 7.89. The van der Waals surface area contributed by atoms with E-state index in [1.807, 2.05) is 0 Å². The molecule has 0 bridgehead atoms. The van der Waals surface area contributed by atoms with Gasteiger partial charge < -0.3 is 5.11 Å². The average molecular weight is 425 g/mol. The number of aliphatic carboxylic acids is 1. The number of carboxylic acid groups (broad SMARTS) is 1. The van der Waals surface area contributed by atoms with Crippen LogP contribution in [0.15, 0.2) is 41.3 Å². The molecule has 1 unspecified atom stereocenters. The summed E-state index contributed by atoms with van der Waals surface area (Å²) in [5.41, 5.74) is 1.50. The van der Waals surface area contributed by atoms with Gasteiger partial charge in [-0.1, -0.05) is 11.6 Å². The van der Waals surface area contributed by atoms with E-state index < -0.39 is 27.3 Å². The number of hydrogen-bond donors (Lipinski definition) is 2. The Balaban J connectivity index is 1.73. The van der Waals surface area contributed by atoms with Gasteiger partial charge in [0.25, 0.3) is 5.69 Å². The minimum Gasteiger partial charge on any atom is -0.481 e. The fraction of sp³-hybridized carbons (Fsp3) is 0.278. The van der Waals surface area contributed by atoms with Gasteiger partial charge in [-0.2, -0.15) is 0 Å². The van der Waals surface area contributed by atoms with Crippen molar-refractivity contribution in [3.05, 3.63) is 68.2 Å². The number of fused-ring (bicyclic) bond motifs is 1. The Hall–Kier alpha value is -2.49. The molecule has 0 fully saturated rings. The van der Waals surface area contributed by atoms with E-state index in [0.717, 1.165) is 11.1 Å². The second-order valence-electron chi connectivity index (χ2n) is 6.66. The molecule has 28 heavy (non-hydrogen) atoms. The Labute approximate surface area is 166 Å². The first-order chi connectivity index (χ1) is 13.2. The molecular formula is C18H17ClN2O6S. The number of nitro groups is 1. The SMILES string of the molecule is O=C(O)Cc1cc2c(cc1[N+](=O)[O-])CC(CNS(=O)(=O)c1ccc(Cl)cc1)C2. The summed E-state index contributed by atoms with van der Waals surface area (Å²) in [4.78, 5) is 21.7. The molecule has 0 heterocycles. The van der Waals surface area contributed by atoms with E-state index in [2.05, 4.69) is 4.72 Å². The topological polar surface area (TPSA) is 127 Å². The first-order valence-corrected chi connectivity index (χ1v) is 10.3. The molecule has 1 atom stereocenters. The number of carboxylic acids is 1. The van der Waals surface area contributed by atoms with Gasteiger partial charge in [0.2, 0.25) is 10.0 Å². The molecule has 0 amide bonds. The van der Waals surface area contributed by atoms with Gasteiger partial charge in [0, 0.05) is 23.2 Å². The number of sulfonamides is 1. The van der Waals surface area contributed by atoms with Crippen molar-refractivity contribution in [1.29, 1.82) is 0 Å². The molecule has 8 nitrogen and oxygen atoms in total. The summed E-state index contributed by atoms with van der Waals surface area (Å²) in [6.45, 7) is 0.168. The lowest BCUT2D eigenvalue weighted by atomic mass is 10.0. The first-order valence-electron chi connectivity index (χ1n) is 8.42. The van der Waals surface area contributed by atoms with Crippen LogP contribution in [0, 0.1) is 16.0 Å². The molecule has 148 valence electrons. The molecule has 0 aromatic heterocycles. The van der Waals surface area contributed by atoms with Gasteiger partial charge in [0.15, 0.2) is 0 Å². The first kappa shape index (κ1) is 20.2. The second kappa shape index (κ2) is 7.86. The number of nitro benzene ring substituents is 1. The van der Waals surface area contributed by atoms with Crippen LogP contribution in [0.25, 0.3) is 0 Å². The highest BCUT2D eigenvalue weighted by atomic mass is 35.5. The van der Waals surface area contributed by atoms with E-state index in [1.54, 1.807) is 6.07 Å². The van der Waals surface area contributed by atoms with Gasteiger partial charge in [-0.25, -0.2) is 13.1 Å². The third-order valence-electron chi connectivity index (χ3n) is 4.64. The molecule has 3 rings (SSSR count). The van der Waals surface area contributed by atoms with Crippen LogP contribution < -0.4 is 4.72 Å². The lowest BCUT2D eigenvalue weighted by Crippen LogP contribution is -2.29. The van der Waals surface area contributed by atoms with Gasteiger partial charge in [-0.05, 0) is 60.2 Å². The Kier molecular flexibility index (Phi) is 5.69. The van der Waals surface area contributed by atoms with Crippen LogP contribution in [0.4, 0.5) is 5.69 Å². The fourth-order valence-corrected chi connectivity index (χ4v) is 4.59. The minimum atomic E-state index is -3.69. The monoisotopic (exact) mass is 424 g/mol. The average Bonchev–Trinajstić information content (AvgIpc) is 3.01. The Morgan fingerprint density at radius 1 is 1.21 bits per heavy atom. The summed E-state index contributed by atoms with van der Waals surface area (Å²) < 4.78 is 27.3. The molecule has 2 aromatic carbocycles. The predicted molar refractivity (Wildman–Crippen MR) is 102 cm³/mol. The maximum Gasteiger partial charge on any atom is 0.308 e. The molecule has 10 heteroatoms. The van der Waals surface area contributed by atoms with E-state index >= 15 is 0 Å². The third kappa shape index (κ3) is 4.49. The maximum absolute atomic E-state index is 12.4. The maximum atomic E-state index is 12.4. The highest BCUT2D eigenvalue weighted by Gasteiger charge is 2.28. The van der Waals surface area contributed by atoms with Crippen LogP contribution in [-0.2, 0) is 34.1 Å². The van der Waals surface area contributed by atoms with Crippen molar-refractivity contribution < 1.29 is 23.2 Å². The van der Waals surface area contributed by atoms with Crippen molar-refractivity contribution in [1.82, 2.24) is 4.72 Å². The van der Waals surface area contributed by atoms with E-state index in [4.69, 9.17) is 16.7 Å². The quantitative estimate of drug-likeness (QED) is 0.519. The van der Waals surface area contributed by atoms with Crippen molar-refractivity contribution in [3.63, 3.8) is 0 Å². The lowest BCUT2D eigenvalue weighted by Gasteiger charge is -2.11. The second-order valence-corrected chi connectivity index (χ2v) is 8.86. The molecular weight excluding hydrogens is 408 g/mol. The minimum absolute atomic E-state index is 0.0724. The molecule has 0 spiro atoms. The standard InChI is InChI=1S/C18H17ClN2O6S/c19-15-1-3-16(4-2-15)28(26,27)20-10-11-5-12-7-14(9-18(22)23)17(21(24)25)8-13(12)6-11/h1-4,7-8,11,20H,5-6,9-10H2,(H,22,23). The summed E-state index contributed by atoms with van der Waals surface area (Å²) in [5, 5.41) is 20.6. The van der Waals surface area contributed by atoms with Gasteiger partial charge >= 0.3 is 5.97 Å². The number of hydrogen-bond acceptors (Lipinski definition) is 5. The van der Waals surface area contributed by atoms with Crippen LogP contribution >= 0.6 is 11.6 Å². The van der Waals surface area contributed by atoms with Crippen molar-refractivity contribution in [2.24, 2.45) is 5.92 Å². The third-order valence-corrected chi connectivity index (χ3v) is 6.33. The molecule has 0 saturated heterocycles. The van der Waals surface area contributed by atoms with Crippen molar-refractivity contribution in [2.45, 2.75) is 24.2 Å². The number of benzene rings is 2. The number of rotatable bonds is 7. The van der Waals surface area contributed by atoms with Crippen LogP contribution in [0.2, 0.25) is 5.02 Å². The molecule has 2 N–H and O–H groups in total. The van der Waals surface area contributed by atoms with Gasteiger partial charge in [0.1, 0.15) is 0 Å². The predicted octanol–water partition coefficient (Wildman–Crippen LogP) is 2.57. The van der Waals surface area contributed by atoms with Crippen LogP contribution in [0.5, 0.6) is 0 Å². The van der Waals surface area contributed by atoms with E-state index in [-0.39, 0.29) is 28.6 Å². The Bertz CT molecular complexity index is 1040. The number of nitrogens with one attached hydrogen (secondary N) is 1. The summed E-state index contributed by atoms with van der Waals surface area (Å²) in [5.74, 6) is -1.22. The molecule has 0 saturated carbocycles. The van der Waals surface area contributed by atoms with E-state index in [0.29, 0.717) is 17.9 Å². The van der Waals surface area contributed by atoms with Crippen LogP contribution in [-0.4, -0.2) is 31.0 Å². The van der Waals surface area contributed by atoms with Crippen molar-refractivity contribution in [3.8, 4) is 0 Å². The number of carbonyl (C=O) groups is 1. The van der Waals surface area contributed by atoms with Gasteiger partial charge in [-0.15, -0.1) is 0 Å². The zero-order valence-corrected chi connectivity index (χ0v) is 16.2. The van der Waals surface area contributed by atoms with Crippen molar-refractivity contribution in [2.75, 3.05) is 6.54 Å². The zero-order chi connectivity index (χ0) is 20.5. The van der Waals surface area contributed by atoms with Gasteiger partial charge in [-0.3, -0.25) is 14.9 Å². The van der Waals surface area contributed by atoms with E-state index in [9.17, 15) is 23.3 Å². The summed E-state index contributed by atoms with van der Waals surface area (Å²) >= 11 is 5.77.